The number of hydrogen-bond donors (Lipinski definition) is 7. The molecule has 0 aromatic rings. The third-order valence-electron chi connectivity index (χ3n) is 18.2. The van der Waals surface area contributed by atoms with Crippen molar-refractivity contribution < 1.29 is 78.6 Å². The lowest BCUT2D eigenvalue weighted by atomic mass is 9.31. The van der Waals surface area contributed by atoms with Crippen LogP contribution in [0.3, 0.4) is 0 Å². The van der Waals surface area contributed by atoms with Crippen molar-refractivity contribution in [3.05, 3.63) is 11.6 Å². The van der Waals surface area contributed by atoms with Gasteiger partial charge in [-0.05, 0) is 90.9 Å². The van der Waals surface area contributed by atoms with Gasteiger partial charge < -0.3 is 59.4 Å². The zero-order chi connectivity index (χ0) is 43.4. The number of rotatable bonds is 6. The fourth-order valence-corrected chi connectivity index (χ4v) is 14.6. The monoisotopic (exact) mass is 834 g/mol. The van der Waals surface area contributed by atoms with Crippen molar-refractivity contribution in [1.29, 1.82) is 0 Å². The van der Waals surface area contributed by atoms with Crippen molar-refractivity contribution in [2.75, 3.05) is 0 Å². The van der Waals surface area contributed by atoms with Gasteiger partial charge in [-0.15, -0.1) is 0 Å². The summed E-state index contributed by atoms with van der Waals surface area (Å²) < 4.78 is 29.5. The molecule has 16 nitrogen and oxygen atoms in total. The molecule has 7 N–H and O–H groups in total. The van der Waals surface area contributed by atoms with Crippen molar-refractivity contribution in [2.24, 2.45) is 49.7 Å². The first-order valence-electron chi connectivity index (χ1n) is 21.2. The first-order valence-corrected chi connectivity index (χ1v) is 21.2. The fourth-order valence-electron chi connectivity index (χ4n) is 14.6. The quantitative estimate of drug-likeness (QED) is 0.149. The molecule has 0 spiro atoms. The number of ether oxygens (including phenoxy) is 5. The van der Waals surface area contributed by atoms with Gasteiger partial charge in [-0.25, -0.2) is 9.59 Å². The molecular formula is C43H62O16. The number of ketones is 1. The highest BCUT2D eigenvalue weighted by molar-refractivity contribution is 5.96. The Morgan fingerprint density at radius 2 is 1.31 bits per heavy atom. The largest absolute Gasteiger partial charge is 0.479 e. The van der Waals surface area contributed by atoms with E-state index < -0.39 is 107 Å². The Labute approximate surface area is 343 Å². The maximum atomic E-state index is 15.0. The number of carboxylic acids is 2. The van der Waals surface area contributed by atoms with Gasteiger partial charge in [0, 0.05) is 17.8 Å². The average molecular weight is 835 g/mol. The zero-order valence-electron chi connectivity index (χ0n) is 35.1. The number of allylic oxidation sites excluding steroid dienone is 2. The van der Waals surface area contributed by atoms with E-state index >= 15 is 4.79 Å². The van der Waals surface area contributed by atoms with E-state index in [0.717, 1.165) is 31.3 Å². The van der Waals surface area contributed by atoms with Gasteiger partial charge >= 0.3 is 17.9 Å². The molecule has 59 heavy (non-hydrogen) atoms. The molecular weight excluding hydrogens is 772 g/mol. The number of esters is 1. The second-order valence-electron chi connectivity index (χ2n) is 21.4. The smallest absolute Gasteiger partial charge is 0.335 e. The highest BCUT2D eigenvalue weighted by Crippen LogP contribution is 2.78. The van der Waals surface area contributed by atoms with Gasteiger partial charge in [-0.3, -0.25) is 9.59 Å². The van der Waals surface area contributed by atoms with Crippen LogP contribution in [-0.4, -0.2) is 133 Å². The molecule has 20 atom stereocenters. The Bertz CT molecular complexity index is 1830. The van der Waals surface area contributed by atoms with Crippen LogP contribution in [-0.2, 0) is 42.9 Å². The number of aliphatic hydroxyl groups is 5. The van der Waals surface area contributed by atoms with E-state index in [2.05, 4.69) is 34.6 Å². The lowest BCUT2D eigenvalue weighted by Gasteiger charge is -2.72. The van der Waals surface area contributed by atoms with Crippen LogP contribution < -0.4 is 0 Å². The van der Waals surface area contributed by atoms with Gasteiger partial charge in [0.05, 0.1) is 11.5 Å². The minimum absolute atomic E-state index is 0.0839. The Balaban J connectivity index is 1.09. The SMILES string of the molecule is CC1(C)[C@@H](O[C@@H]2O[C@H](C(=O)O)[C@@H](O)[C@H](O)[C@H]2O[C@@H]2O[C@H](C(=O)O)[C@@H](O)[C@H](O)[C@H]2O)CC[C@@]2(C)[C@@H]1CC[C@]1(C)[C@@H]2C(=O)C=C2[C@]3(C)C[C@]4(C)C[C@@H](OC4=O)[C@]3(C)CC[C@]21C. The third-order valence-corrected chi connectivity index (χ3v) is 18.2. The maximum absolute atomic E-state index is 15.0. The summed E-state index contributed by atoms with van der Waals surface area (Å²) in [5.41, 5.74) is -2.12. The number of hydrogen-bond acceptors (Lipinski definition) is 14. The number of aliphatic carboxylic acids is 2. The molecule has 0 radical (unpaired) electrons. The van der Waals surface area contributed by atoms with Gasteiger partial charge in [0.1, 0.15) is 42.7 Å². The van der Waals surface area contributed by atoms with Crippen LogP contribution in [0, 0.1) is 49.7 Å². The molecule has 2 bridgehead atoms. The van der Waals surface area contributed by atoms with Gasteiger partial charge in [-0.2, -0.15) is 0 Å². The van der Waals surface area contributed by atoms with Crippen LogP contribution in [0.2, 0.25) is 0 Å². The van der Waals surface area contributed by atoms with Crippen molar-refractivity contribution in [3.63, 3.8) is 0 Å². The van der Waals surface area contributed by atoms with E-state index in [9.17, 15) is 50.1 Å². The van der Waals surface area contributed by atoms with Crippen LogP contribution in [0.25, 0.3) is 0 Å². The Morgan fingerprint density at radius 1 is 0.695 bits per heavy atom. The Morgan fingerprint density at radius 3 is 1.93 bits per heavy atom. The van der Waals surface area contributed by atoms with Crippen LogP contribution in [0.1, 0.15) is 107 Å². The molecule has 330 valence electrons. The Kier molecular flexibility index (Phi) is 9.85. The van der Waals surface area contributed by atoms with Crippen LogP contribution in [0.5, 0.6) is 0 Å². The second-order valence-corrected chi connectivity index (χ2v) is 21.4. The second kappa shape index (κ2) is 13.5. The highest BCUT2D eigenvalue weighted by Gasteiger charge is 2.75. The van der Waals surface area contributed by atoms with Crippen LogP contribution >= 0.6 is 0 Å². The molecule has 7 fully saturated rings. The van der Waals surface area contributed by atoms with Crippen LogP contribution in [0.15, 0.2) is 11.6 Å². The minimum atomic E-state index is -2.04. The molecule has 0 aromatic heterocycles. The highest BCUT2D eigenvalue weighted by atomic mass is 16.8. The summed E-state index contributed by atoms with van der Waals surface area (Å²) in [5, 5.41) is 72.9. The summed E-state index contributed by atoms with van der Waals surface area (Å²) in [6, 6.07) is 0. The van der Waals surface area contributed by atoms with E-state index in [1.165, 1.54) is 0 Å². The molecule has 3 saturated heterocycles. The summed E-state index contributed by atoms with van der Waals surface area (Å²) in [6.07, 6.45) is -13.0. The minimum Gasteiger partial charge on any atom is -0.479 e. The van der Waals surface area contributed by atoms with Gasteiger partial charge in [0.2, 0.25) is 0 Å². The van der Waals surface area contributed by atoms with Crippen molar-refractivity contribution >= 4 is 23.7 Å². The average Bonchev–Trinajstić information content (AvgIpc) is 3.41. The topological polar surface area (TPSA) is 256 Å². The number of fused-ring (bicyclic) bond motifs is 10. The number of carbonyl (C=O) groups excluding carboxylic acids is 2. The standard InChI is InChI=1S/C43H62O16/c1-37(2)19-9-12-42(7)31(18(44)15-20-40(42,5)13-14-41(6)22-16-38(3,36(54)56-22)17-43(20,41)8)39(19,4)11-10-21(37)55-35-30(26(48)25(47)29(58-35)33(52)53)59-34-27(49)23(45)24(46)28(57-34)32(50)51/h15,19,21-31,34-35,45-49H,9-14,16-17H2,1-8H3,(H,50,51)(H,52,53)/t19-,21+,22-,23+,24+,25+,26+,27-,28+,29+,30-,31-,34+,35-,38+,39+,40-,41+,42-,43+/m1/s1. The number of carbonyl (C=O) groups is 4. The van der Waals surface area contributed by atoms with Crippen LogP contribution in [0.4, 0.5) is 0 Å². The predicted molar refractivity (Wildman–Crippen MR) is 202 cm³/mol. The molecule has 0 unspecified atom stereocenters. The molecule has 3 aliphatic heterocycles. The Hall–Kier alpha value is -2.54. The van der Waals surface area contributed by atoms with E-state index in [4.69, 9.17) is 23.7 Å². The van der Waals surface area contributed by atoms with Crippen molar-refractivity contribution in [1.82, 2.24) is 0 Å². The summed E-state index contributed by atoms with van der Waals surface area (Å²) in [6.45, 7) is 17.4. The third kappa shape index (κ3) is 5.65. The van der Waals surface area contributed by atoms with Crippen molar-refractivity contribution in [2.45, 2.75) is 180 Å². The van der Waals surface area contributed by atoms with E-state index in [1.807, 2.05) is 26.8 Å². The molecule has 0 amide bonds. The number of aliphatic hydroxyl groups excluding tert-OH is 5. The molecule has 3 heterocycles. The summed E-state index contributed by atoms with van der Waals surface area (Å²) in [4.78, 5) is 52.3. The first kappa shape index (κ1) is 43.1. The van der Waals surface area contributed by atoms with E-state index in [-0.39, 0.29) is 40.5 Å². The maximum Gasteiger partial charge on any atom is 0.335 e. The molecule has 0 aromatic carbocycles. The van der Waals surface area contributed by atoms with Crippen molar-refractivity contribution in [3.8, 4) is 0 Å². The summed E-state index contributed by atoms with van der Waals surface area (Å²) in [5.74, 6) is -3.73. The lowest BCUT2D eigenvalue weighted by molar-refractivity contribution is -0.371. The van der Waals surface area contributed by atoms with E-state index in [0.29, 0.717) is 25.7 Å². The fraction of sp³-hybridized carbons (Fsp3) is 0.860. The normalized spacial score (nSPS) is 55.1. The molecule has 16 heteroatoms. The zero-order valence-corrected chi connectivity index (χ0v) is 35.1. The van der Waals surface area contributed by atoms with Gasteiger partial charge in [0.25, 0.3) is 0 Å². The molecule has 8 rings (SSSR count). The molecule has 4 saturated carbocycles. The predicted octanol–water partition coefficient (Wildman–Crippen LogP) is 2.09. The number of carboxylic acid groups (broad SMARTS) is 2. The summed E-state index contributed by atoms with van der Waals surface area (Å²) in [7, 11) is 0. The van der Waals surface area contributed by atoms with E-state index in [1.54, 1.807) is 0 Å². The lowest BCUT2D eigenvalue weighted by Crippen LogP contribution is -2.69. The van der Waals surface area contributed by atoms with Gasteiger partial charge in [-0.1, -0.05) is 54.0 Å². The molecule has 8 aliphatic rings. The molecule has 5 aliphatic carbocycles. The summed E-state index contributed by atoms with van der Waals surface area (Å²) >= 11 is 0. The first-order chi connectivity index (χ1) is 27.2. The van der Waals surface area contributed by atoms with Gasteiger partial charge in [0.15, 0.2) is 30.6 Å².